The Morgan fingerprint density at radius 1 is 1.21 bits per heavy atom. The van der Waals surface area contributed by atoms with Crippen molar-refractivity contribution < 1.29 is 8.94 Å². The van der Waals surface area contributed by atoms with Crippen molar-refractivity contribution in [3.05, 3.63) is 81.0 Å². The van der Waals surface area contributed by atoms with E-state index in [0.717, 1.165) is 17.5 Å². The van der Waals surface area contributed by atoms with Gasteiger partial charge in [-0.05, 0) is 52.0 Å². The van der Waals surface area contributed by atoms with Gasteiger partial charge in [0.25, 0.3) is 0 Å². The third-order valence-electron chi connectivity index (χ3n) is 5.06. The SMILES string of the molecule is [N-]=[N+]=NC[C@@H]1C[C@@H]2c3ccccc3Cc3ccc(F)cc3[C@H]2[S@@+]1[O-]. The summed E-state index contributed by atoms with van der Waals surface area (Å²) < 4.78 is 27.0. The Balaban J connectivity index is 1.86. The molecule has 2 aromatic rings. The summed E-state index contributed by atoms with van der Waals surface area (Å²) in [5.74, 6) is -0.224. The minimum Gasteiger partial charge on any atom is -0.616 e. The Bertz CT molecular complexity index is 837. The first-order chi connectivity index (χ1) is 11.7. The van der Waals surface area contributed by atoms with Crippen LogP contribution >= 0.6 is 0 Å². The van der Waals surface area contributed by atoms with Crippen LogP contribution in [0.15, 0.2) is 47.6 Å². The fraction of sp³-hybridized carbons (Fsp3) is 0.333. The normalized spacial score (nSPS) is 27.4. The number of fused-ring (bicyclic) bond motifs is 5. The van der Waals surface area contributed by atoms with Gasteiger partial charge in [-0.15, -0.1) is 0 Å². The van der Waals surface area contributed by atoms with Crippen molar-refractivity contribution in [3.8, 4) is 0 Å². The Morgan fingerprint density at radius 2 is 2.00 bits per heavy atom. The molecule has 6 heteroatoms. The van der Waals surface area contributed by atoms with E-state index in [9.17, 15) is 8.94 Å². The fourth-order valence-corrected chi connectivity index (χ4v) is 6.11. The van der Waals surface area contributed by atoms with Crippen LogP contribution in [0, 0.1) is 5.82 Å². The van der Waals surface area contributed by atoms with E-state index in [1.54, 1.807) is 0 Å². The third kappa shape index (κ3) is 2.47. The molecule has 0 aromatic heterocycles. The van der Waals surface area contributed by atoms with Gasteiger partial charge in [0.2, 0.25) is 0 Å². The molecule has 1 heterocycles. The van der Waals surface area contributed by atoms with Crippen molar-refractivity contribution in [1.29, 1.82) is 0 Å². The maximum absolute atomic E-state index is 13.9. The van der Waals surface area contributed by atoms with E-state index >= 15 is 0 Å². The fourth-order valence-electron chi connectivity index (χ4n) is 4.03. The van der Waals surface area contributed by atoms with Crippen molar-refractivity contribution in [2.75, 3.05) is 6.54 Å². The molecule has 1 saturated heterocycles. The van der Waals surface area contributed by atoms with Crippen LogP contribution in [0.25, 0.3) is 10.4 Å². The van der Waals surface area contributed by atoms with Gasteiger partial charge in [0.1, 0.15) is 16.3 Å². The molecule has 1 aliphatic carbocycles. The lowest BCUT2D eigenvalue weighted by molar-refractivity contribution is 0.579. The van der Waals surface area contributed by atoms with E-state index in [0.29, 0.717) is 6.42 Å². The van der Waals surface area contributed by atoms with Gasteiger partial charge in [-0.25, -0.2) is 4.39 Å². The number of rotatable bonds is 2. The van der Waals surface area contributed by atoms with Crippen LogP contribution in [0.1, 0.15) is 39.8 Å². The first-order valence-corrected chi connectivity index (χ1v) is 9.23. The predicted molar refractivity (Wildman–Crippen MR) is 91.7 cm³/mol. The zero-order chi connectivity index (χ0) is 16.7. The maximum Gasteiger partial charge on any atom is 0.148 e. The van der Waals surface area contributed by atoms with E-state index in [-0.39, 0.29) is 28.8 Å². The minimum absolute atomic E-state index is 0.0731. The van der Waals surface area contributed by atoms with Gasteiger partial charge in [0, 0.05) is 22.8 Å². The molecule has 2 aromatic carbocycles. The van der Waals surface area contributed by atoms with Crippen LogP contribution in [-0.4, -0.2) is 16.3 Å². The summed E-state index contributed by atoms with van der Waals surface area (Å²) in [6.07, 6.45) is 1.43. The average molecular weight is 341 g/mol. The minimum atomic E-state index is -1.20. The molecule has 4 rings (SSSR count). The van der Waals surface area contributed by atoms with Gasteiger partial charge in [-0.3, -0.25) is 0 Å². The molecule has 4 atom stereocenters. The monoisotopic (exact) mass is 341 g/mol. The lowest BCUT2D eigenvalue weighted by atomic mass is 9.87. The van der Waals surface area contributed by atoms with Crippen LogP contribution in [0.4, 0.5) is 4.39 Å². The molecule has 1 fully saturated rings. The molecule has 122 valence electrons. The molecule has 4 nitrogen and oxygen atoms in total. The highest BCUT2D eigenvalue weighted by molar-refractivity contribution is 7.92. The Kier molecular flexibility index (Phi) is 3.96. The topological polar surface area (TPSA) is 71.8 Å². The van der Waals surface area contributed by atoms with E-state index < -0.39 is 11.2 Å². The number of benzene rings is 2. The van der Waals surface area contributed by atoms with E-state index in [1.165, 1.54) is 23.3 Å². The smallest absolute Gasteiger partial charge is 0.148 e. The van der Waals surface area contributed by atoms with Gasteiger partial charge in [-0.2, -0.15) is 0 Å². The Labute approximate surface area is 142 Å². The van der Waals surface area contributed by atoms with Gasteiger partial charge in [0.05, 0.1) is 6.54 Å². The molecule has 24 heavy (non-hydrogen) atoms. The summed E-state index contributed by atoms with van der Waals surface area (Å²) in [7, 11) is 0. The van der Waals surface area contributed by atoms with Crippen molar-refractivity contribution in [3.63, 3.8) is 0 Å². The highest BCUT2D eigenvalue weighted by atomic mass is 32.2. The highest BCUT2D eigenvalue weighted by Crippen LogP contribution is 2.53. The number of hydrogen-bond donors (Lipinski definition) is 0. The molecule has 0 amide bonds. The number of azide groups is 1. The van der Waals surface area contributed by atoms with E-state index in [4.69, 9.17) is 5.53 Å². The van der Waals surface area contributed by atoms with Gasteiger partial charge in [0.15, 0.2) is 0 Å². The van der Waals surface area contributed by atoms with Crippen molar-refractivity contribution in [2.24, 2.45) is 5.11 Å². The number of halogens is 1. The first kappa shape index (κ1) is 15.5. The maximum atomic E-state index is 13.9. The molecule has 0 N–H and O–H groups in total. The van der Waals surface area contributed by atoms with Crippen molar-refractivity contribution >= 4 is 11.2 Å². The Hall–Kier alpha value is -2.01. The van der Waals surface area contributed by atoms with Crippen LogP contribution < -0.4 is 0 Å². The van der Waals surface area contributed by atoms with Crippen LogP contribution in [0.5, 0.6) is 0 Å². The number of hydrogen-bond acceptors (Lipinski definition) is 2. The molecular weight excluding hydrogens is 325 g/mol. The van der Waals surface area contributed by atoms with Gasteiger partial charge < -0.3 is 4.55 Å². The Morgan fingerprint density at radius 3 is 2.83 bits per heavy atom. The van der Waals surface area contributed by atoms with Crippen molar-refractivity contribution in [1.82, 2.24) is 0 Å². The largest absolute Gasteiger partial charge is 0.616 e. The standard InChI is InChI=1S/C18H16FN3OS/c19-13-6-5-12-7-11-3-1-2-4-15(11)17-9-14(10-21-22-20)24(23)18(17)16(12)8-13/h1-6,8,14,17-18H,7,9-10H2/t14-,17+,18+,24-/m0/s1. The predicted octanol–water partition coefficient (Wildman–Crippen LogP) is 4.39. The summed E-state index contributed by atoms with van der Waals surface area (Å²) in [4.78, 5) is 2.80. The summed E-state index contributed by atoms with van der Waals surface area (Å²) in [6.45, 7) is 0.225. The second-order valence-corrected chi connectivity index (χ2v) is 8.18. The van der Waals surface area contributed by atoms with Crippen LogP contribution in [0.2, 0.25) is 0 Å². The number of nitrogens with zero attached hydrogens (tertiary/aromatic N) is 3. The van der Waals surface area contributed by atoms with Gasteiger partial charge in [-0.1, -0.05) is 35.4 Å². The highest BCUT2D eigenvalue weighted by Gasteiger charge is 2.49. The van der Waals surface area contributed by atoms with Crippen LogP contribution in [-0.2, 0) is 17.6 Å². The molecule has 1 aliphatic heterocycles. The molecule has 0 radical (unpaired) electrons. The van der Waals surface area contributed by atoms with E-state index in [1.807, 2.05) is 18.2 Å². The van der Waals surface area contributed by atoms with Gasteiger partial charge >= 0.3 is 0 Å². The molecule has 0 bridgehead atoms. The van der Waals surface area contributed by atoms with Crippen molar-refractivity contribution in [2.45, 2.75) is 29.3 Å². The van der Waals surface area contributed by atoms with E-state index in [2.05, 4.69) is 22.2 Å². The second-order valence-electron chi connectivity index (χ2n) is 6.35. The average Bonchev–Trinajstić information content (AvgIpc) is 2.84. The molecular formula is C18H16FN3OS. The lowest BCUT2D eigenvalue weighted by Gasteiger charge is -2.22. The molecule has 0 unspecified atom stereocenters. The summed E-state index contributed by atoms with van der Waals surface area (Å²) in [6, 6.07) is 13.0. The quantitative estimate of drug-likeness (QED) is 0.346. The zero-order valence-electron chi connectivity index (χ0n) is 12.9. The second kappa shape index (κ2) is 6.13. The molecule has 0 saturated carbocycles. The van der Waals surface area contributed by atoms with Crippen LogP contribution in [0.3, 0.4) is 0 Å². The summed E-state index contributed by atoms with van der Waals surface area (Å²) in [5, 5.41) is 3.21. The molecule has 2 aliphatic rings. The first-order valence-electron chi connectivity index (χ1n) is 7.95. The third-order valence-corrected chi connectivity index (χ3v) is 7.14. The summed E-state index contributed by atoms with van der Waals surface area (Å²) in [5.41, 5.74) is 12.9. The lowest BCUT2D eigenvalue weighted by Crippen LogP contribution is -2.21. The zero-order valence-corrected chi connectivity index (χ0v) is 13.7. The molecule has 0 spiro atoms. The summed E-state index contributed by atoms with van der Waals surface area (Å²) >= 11 is -1.20.